The van der Waals surface area contributed by atoms with Crippen LogP contribution in [-0.2, 0) is 18.4 Å². The lowest BCUT2D eigenvalue weighted by atomic mass is 10.5. The summed E-state index contributed by atoms with van der Waals surface area (Å²) in [5.74, 6) is -0.381. The summed E-state index contributed by atoms with van der Waals surface area (Å²) in [6, 6.07) is 0.845. The average Bonchev–Trinajstić information content (AvgIpc) is 2.18. The number of esters is 1. The molecule has 0 saturated carbocycles. The van der Waals surface area contributed by atoms with Gasteiger partial charge < -0.3 is 13.6 Å². The van der Waals surface area contributed by atoms with Crippen LogP contribution in [0.4, 0.5) is 0 Å². The number of carbonyl (C=O) groups is 1. The summed E-state index contributed by atoms with van der Waals surface area (Å²) >= 11 is 0. The quantitative estimate of drug-likeness (QED) is 0.250. The molecular weight excluding hydrogens is 216 g/mol. The van der Waals surface area contributed by atoms with Gasteiger partial charge in [0.05, 0.1) is 6.61 Å². The summed E-state index contributed by atoms with van der Waals surface area (Å²) < 4.78 is 15.0. The minimum atomic E-state index is -1.48. The summed E-state index contributed by atoms with van der Waals surface area (Å²) in [5, 5.41) is 0. The molecule has 0 aliphatic rings. The van der Waals surface area contributed by atoms with E-state index in [1.807, 2.05) is 0 Å². The molecule has 0 spiro atoms. The Morgan fingerprint density at radius 1 is 1.43 bits per heavy atom. The number of hydrogen-bond donors (Lipinski definition) is 0. The summed E-state index contributed by atoms with van der Waals surface area (Å²) in [7, 11) is 1.79. The molecule has 4 nitrogen and oxygen atoms in total. The predicted molar refractivity (Wildman–Crippen MR) is 63.1 cm³/mol. The second-order valence-corrected chi connectivity index (χ2v) is 4.79. The minimum absolute atomic E-state index is 0. The Bertz CT molecular complexity index is 159. The van der Waals surface area contributed by atoms with Gasteiger partial charge in [0.25, 0.3) is 0 Å². The molecule has 0 radical (unpaired) electrons. The first kappa shape index (κ1) is 16.0. The van der Waals surface area contributed by atoms with Gasteiger partial charge in [0, 0.05) is 20.3 Å². The van der Waals surface area contributed by atoms with Crippen molar-refractivity contribution < 1.29 is 18.4 Å². The lowest BCUT2D eigenvalue weighted by Gasteiger charge is -2.09. The van der Waals surface area contributed by atoms with Gasteiger partial charge in [-0.15, -0.1) is 0 Å². The van der Waals surface area contributed by atoms with E-state index < -0.39 is 9.28 Å². The molecule has 0 heterocycles. The Morgan fingerprint density at radius 3 is 2.43 bits per heavy atom. The fraction of sp³-hybridized carbons (Fsp3) is 0.625. The van der Waals surface area contributed by atoms with Gasteiger partial charge in [-0.1, -0.05) is 6.58 Å². The van der Waals surface area contributed by atoms with E-state index in [0.717, 1.165) is 18.5 Å². The van der Waals surface area contributed by atoms with Crippen LogP contribution in [0.3, 0.4) is 0 Å². The van der Waals surface area contributed by atoms with E-state index in [2.05, 4.69) is 6.58 Å². The first-order valence-electron chi connectivity index (χ1n) is 4.09. The Kier molecular flexibility index (Phi) is 12.2. The second-order valence-electron chi connectivity index (χ2n) is 2.41. The van der Waals surface area contributed by atoms with E-state index in [1.54, 1.807) is 14.2 Å². The van der Waals surface area contributed by atoms with E-state index in [1.165, 1.54) is 0 Å². The molecule has 0 aromatic heterocycles. The highest BCUT2D eigenvalue weighted by Crippen LogP contribution is 1.99. The normalized spacial score (nSPS) is 9.36. The maximum absolute atomic E-state index is 10.6. The fourth-order valence-electron chi connectivity index (χ4n) is 0.814. The third kappa shape index (κ3) is 8.18. The standard InChI is InChI=1S/C8H16O4Si.H4Si/c1-4-8(9)12-6-5-7-13(10-2)11-3;/h4,13H,1,5-7H2,2-3H3;1H4. The highest BCUT2D eigenvalue weighted by Gasteiger charge is 2.08. The van der Waals surface area contributed by atoms with Gasteiger partial charge in [0.1, 0.15) is 0 Å². The van der Waals surface area contributed by atoms with Crippen molar-refractivity contribution in [3.05, 3.63) is 12.7 Å². The van der Waals surface area contributed by atoms with Gasteiger partial charge >= 0.3 is 15.3 Å². The van der Waals surface area contributed by atoms with Crippen LogP contribution in [0.5, 0.6) is 0 Å². The molecule has 0 saturated heterocycles. The summed E-state index contributed by atoms with van der Waals surface area (Å²) in [4.78, 5) is 10.6. The van der Waals surface area contributed by atoms with Gasteiger partial charge in [-0.3, -0.25) is 0 Å². The summed E-state index contributed by atoms with van der Waals surface area (Å²) in [5.41, 5.74) is 0. The van der Waals surface area contributed by atoms with E-state index in [4.69, 9.17) is 13.6 Å². The average molecular weight is 236 g/mol. The molecule has 0 amide bonds. The van der Waals surface area contributed by atoms with Crippen molar-refractivity contribution in [2.24, 2.45) is 0 Å². The molecule has 0 fully saturated rings. The number of ether oxygens (including phenoxy) is 1. The zero-order valence-corrected chi connectivity index (χ0v) is 9.27. The SMILES string of the molecule is C=CC(=O)OCCC[SiH](OC)OC.[SiH4]. The van der Waals surface area contributed by atoms with Gasteiger partial charge in [-0.25, -0.2) is 4.79 Å². The Hall–Kier alpha value is -0.436. The van der Waals surface area contributed by atoms with Crippen molar-refractivity contribution in [1.29, 1.82) is 0 Å². The number of carbonyl (C=O) groups excluding carboxylic acids is 1. The minimum Gasteiger partial charge on any atom is -0.463 e. The van der Waals surface area contributed by atoms with Crippen LogP contribution in [0.1, 0.15) is 6.42 Å². The first-order valence-corrected chi connectivity index (χ1v) is 5.85. The van der Waals surface area contributed by atoms with Crippen LogP contribution >= 0.6 is 0 Å². The maximum atomic E-state index is 10.6. The largest absolute Gasteiger partial charge is 0.463 e. The van der Waals surface area contributed by atoms with Gasteiger partial charge in [0.15, 0.2) is 0 Å². The molecule has 6 heteroatoms. The van der Waals surface area contributed by atoms with Crippen molar-refractivity contribution >= 4 is 26.2 Å². The Morgan fingerprint density at radius 2 is 2.00 bits per heavy atom. The van der Waals surface area contributed by atoms with E-state index in [-0.39, 0.29) is 16.9 Å². The third-order valence-electron chi connectivity index (χ3n) is 1.52. The van der Waals surface area contributed by atoms with Crippen molar-refractivity contribution in [3.8, 4) is 0 Å². The van der Waals surface area contributed by atoms with Crippen LogP contribution in [0.25, 0.3) is 0 Å². The van der Waals surface area contributed by atoms with Crippen LogP contribution in [-0.4, -0.2) is 47.0 Å². The number of rotatable bonds is 7. The lowest BCUT2D eigenvalue weighted by molar-refractivity contribution is -0.137. The molecule has 0 aliphatic heterocycles. The molecule has 0 aromatic carbocycles. The molecule has 0 atom stereocenters. The summed E-state index contributed by atoms with van der Waals surface area (Å²) in [6.45, 7) is 3.70. The smallest absolute Gasteiger partial charge is 0.330 e. The van der Waals surface area contributed by atoms with Crippen LogP contribution < -0.4 is 0 Å². The predicted octanol–water partition coefficient (Wildman–Crippen LogP) is -0.833. The van der Waals surface area contributed by atoms with Gasteiger partial charge in [0.2, 0.25) is 0 Å². The van der Waals surface area contributed by atoms with E-state index >= 15 is 0 Å². The topological polar surface area (TPSA) is 44.8 Å². The molecule has 0 rings (SSSR count). The third-order valence-corrected chi connectivity index (χ3v) is 3.45. The zero-order chi connectivity index (χ0) is 10.1. The lowest BCUT2D eigenvalue weighted by Crippen LogP contribution is -2.19. The van der Waals surface area contributed by atoms with Crippen LogP contribution in [0.2, 0.25) is 6.04 Å². The summed E-state index contributed by atoms with van der Waals surface area (Å²) in [6.07, 6.45) is 1.93. The molecule has 0 bridgehead atoms. The molecule has 0 aromatic rings. The highest BCUT2D eigenvalue weighted by molar-refractivity contribution is 6.44. The molecule has 84 valence electrons. The Labute approximate surface area is 91.1 Å². The highest BCUT2D eigenvalue weighted by atomic mass is 28.3. The van der Waals surface area contributed by atoms with Crippen molar-refractivity contribution in [2.75, 3.05) is 20.8 Å². The first-order chi connectivity index (χ1) is 6.24. The molecule has 0 N–H and O–H groups in total. The van der Waals surface area contributed by atoms with E-state index in [0.29, 0.717) is 6.61 Å². The van der Waals surface area contributed by atoms with Crippen molar-refractivity contribution in [1.82, 2.24) is 0 Å². The van der Waals surface area contributed by atoms with Gasteiger partial charge in [-0.05, 0) is 23.4 Å². The van der Waals surface area contributed by atoms with Crippen LogP contribution in [0.15, 0.2) is 12.7 Å². The molecule has 0 aliphatic carbocycles. The second kappa shape index (κ2) is 10.6. The fourth-order valence-corrected chi connectivity index (χ4v) is 1.98. The molecule has 14 heavy (non-hydrogen) atoms. The molecular formula is C8H20O4Si2. The zero-order valence-electron chi connectivity index (χ0n) is 8.12. The monoisotopic (exact) mass is 236 g/mol. The molecule has 0 unspecified atom stereocenters. The van der Waals surface area contributed by atoms with Crippen LogP contribution in [0, 0.1) is 0 Å². The van der Waals surface area contributed by atoms with E-state index in [9.17, 15) is 4.79 Å². The van der Waals surface area contributed by atoms with Crippen molar-refractivity contribution in [3.63, 3.8) is 0 Å². The number of hydrogen-bond acceptors (Lipinski definition) is 4. The van der Waals surface area contributed by atoms with Gasteiger partial charge in [-0.2, -0.15) is 0 Å². The maximum Gasteiger partial charge on any atom is 0.330 e. The Balaban J connectivity index is 0. The van der Waals surface area contributed by atoms with Crippen molar-refractivity contribution in [2.45, 2.75) is 12.5 Å².